The lowest BCUT2D eigenvalue weighted by Crippen LogP contribution is -2.13. The number of aromatic nitrogens is 3. The van der Waals surface area contributed by atoms with Crippen LogP contribution in [0.1, 0.15) is 40.5 Å². The van der Waals surface area contributed by atoms with E-state index >= 15 is 0 Å². The first kappa shape index (κ1) is 22.5. The molecule has 0 saturated carbocycles. The third kappa shape index (κ3) is 4.72. The number of halogens is 1. The van der Waals surface area contributed by atoms with Crippen molar-refractivity contribution in [1.29, 1.82) is 0 Å². The minimum absolute atomic E-state index is 0.213. The van der Waals surface area contributed by atoms with Crippen molar-refractivity contribution in [2.75, 3.05) is 11.9 Å². The predicted molar refractivity (Wildman–Crippen MR) is 128 cm³/mol. The van der Waals surface area contributed by atoms with E-state index in [1.807, 2.05) is 49.6 Å². The number of anilines is 1. The molecule has 0 aliphatic carbocycles. The number of carboxylic acid groups (broad SMARTS) is 1. The van der Waals surface area contributed by atoms with E-state index in [0.29, 0.717) is 42.1 Å². The van der Waals surface area contributed by atoms with Gasteiger partial charge in [-0.15, -0.1) is 0 Å². The lowest BCUT2D eigenvalue weighted by atomic mass is 9.99. The Kier molecular flexibility index (Phi) is 6.40. The molecule has 33 heavy (non-hydrogen) atoms. The molecule has 2 N–H and O–H groups in total. The van der Waals surface area contributed by atoms with E-state index in [0.717, 1.165) is 34.2 Å². The second kappa shape index (κ2) is 9.40. The summed E-state index contributed by atoms with van der Waals surface area (Å²) in [6, 6.07) is 12.7. The summed E-state index contributed by atoms with van der Waals surface area (Å²) < 4.78 is 16.6. The van der Waals surface area contributed by atoms with Crippen LogP contribution in [0.5, 0.6) is 0 Å². The highest BCUT2D eigenvalue weighted by Crippen LogP contribution is 2.25. The van der Waals surface area contributed by atoms with Gasteiger partial charge in [0, 0.05) is 35.8 Å². The van der Waals surface area contributed by atoms with Crippen LogP contribution in [0.25, 0.3) is 22.2 Å². The average molecular weight is 447 g/mol. The van der Waals surface area contributed by atoms with E-state index in [9.17, 15) is 14.3 Å². The van der Waals surface area contributed by atoms with Crippen molar-refractivity contribution in [2.24, 2.45) is 0 Å². The number of carbonyl (C=O) groups is 1. The van der Waals surface area contributed by atoms with E-state index in [1.54, 1.807) is 18.2 Å². The van der Waals surface area contributed by atoms with Crippen molar-refractivity contribution in [3.05, 3.63) is 77.0 Å². The summed E-state index contributed by atoms with van der Waals surface area (Å²) in [6.45, 7) is 7.04. The Balaban J connectivity index is 1.52. The van der Waals surface area contributed by atoms with E-state index in [2.05, 4.69) is 15.3 Å². The lowest BCUT2D eigenvalue weighted by Gasteiger charge is -2.12. The summed E-state index contributed by atoms with van der Waals surface area (Å²) in [6.07, 6.45) is 3.03. The highest BCUT2D eigenvalue weighted by atomic mass is 19.1. The maximum atomic E-state index is 14.6. The summed E-state index contributed by atoms with van der Waals surface area (Å²) in [5.41, 5.74) is 5.20. The number of rotatable bonds is 8. The van der Waals surface area contributed by atoms with Crippen molar-refractivity contribution in [1.82, 2.24) is 14.5 Å². The van der Waals surface area contributed by atoms with Gasteiger partial charge in [-0.3, -0.25) is 0 Å². The topological polar surface area (TPSA) is 80.0 Å². The fourth-order valence-electron chi connectivity index (χ4n) is 4.27. The van der Waals surface area contributed by atoms with E-state index in [4.69, 9.17) is 0 Å². The van der Waals surface area contributed by atoms with Crippen LogP contribution in [0.3, 0.4) is 0 Å². The second-order valence-electron chi connectivity index (χ2n) is 8.26. The third-order valence-corrected chi connectivity index (χ3v) is 5.76. The molecule has 7 heteroatoms. The van der Waals surface area contributed by atoms with Crippen LogP contribution in [0.2, 0.25) is 0 Å². The number of aryl methyl sites for hydroxylation is 3. The maximum absolute atomic E-state index is 14.6. The molecule has 6 nitrogen and oxygen atoms in total. The van der Waals surface area contributed by atoms with Crippen LogP contribution in [0.4, 0.5) is 10.2 Å². The van der Waals surface area contributed by atoms with Crippen LogP contribution in [-0.4, -0.2) is 32.2 Å². The van der Waals surface area contributed by atoms with Gasteiger partial charge in [-0.25, -0.2) is 19.2 Å². The lowest BCUT2D eigenvalue weighted by molar-refractivity contribution is 0.0695. The van der Waals surface area contributed by atoms with Crippen LogP contribution < -0.4 is 5.32 Å². The summed E-state index contributed by atoms with van der Waals surface area (Å²) in [5.74, 6) is -0.477. The molecule has 0 saturated heterocycles. The molecule has 0 atom stereocenters. The number of hydrogen-bond donors (Lipinski definition) is 2. The van der Waals surface area contributed by atoms with Gasteiger partial charge in [-0.2, -0.15) is 0 Å². The molecule has 0 spiro atoms. The monoisotopic (exact) mass is 446 g/mol. The summed E-state index contributed by atoms with van der Waals surface area (Å²) >= 11 is 0. The molecule has 2 aromatic heterocycles. The fraction of sp³-hybridized carbons (Fsp3) is 0.269. The molecule has 0 radical (unpaired) electrons. The van der Waals surface area contributed by atoms with E-state index < -0.39 is 5.97 Å². The highest BCUT2D eigenvalue weighted by molar-refractivity contribution is 5.90. The predicted octanol–water partition coefficient (Wildman–Crippen LogP) is 5.62. The molecule has 4 rings (SSSR count). The van der Waals surface area contributed by atoms with Crippen LogP contribution in [0.15, 0.2) is 48.8 Å². The van der Waals surface area contributed by atoms with Crippen molar-refractivity contribution < 1.29 is 14.3 Å². The standard InChI is InChI=1S/C26H27FN4O2/c1-4-5-18-13-19(6-7-21(18)26(32)33)23-14-24(30-15-29-23)28-8-9-31-17(3)12-20-10-16(2)11-22(27)25(20)31/h6-7,10-15H,4-5,8-9H2,1-3H3,(H,32,33)(H,28,29,30). The molecule has 2 heterocycles. The number of hydrogen-bond acceptors (Lipinski definition) is 4. The Bertz CT molecular complexity index is 1330. The van der Waals surface area contributed by atoms with Crippen LogP contribution >= 0.6 is 0 Å². The van der Waals surface area contributed by atoms with Crippen molar-refractivity contribution in [2.45, 2.75) is 40.2 Å². The first-order chi connectivity index (χ1) is 15.9. The molecule has 0 aliphatic rings. The molecule has 0 fully saturated rings. The third-order valence-electron chi connectivity index (χ3n) is 5.76. The van der Waals surface area contributed by atoms with Crippen molar-refractivity contribution >= 4 is 22.7 Å². The SMILES string of the molecule is CCCc1cc(-c2cc(NCCn3c(C)cc4cc(C)cc(F)c43)ncn2)ccc1C(=O)O. The normalized spacial score (nSPS) is 11.2. The zero-order chi connectivity index (χ0) is 23.5. The quantitative estimate of drug-likeness (QED) is 0.367. The zero-order valence-corrected chi connectivity index (χ0v) is 19.0. The molecular formula is C26H27FN4O2. The smallest absolute Gasteiger partial charge is 0.335 e. The molecular weight excluding hydrogens is 419 g/mol. The Morgan fingerprint density at radius 2 is 1.94 bits per heavy atom. The molecule has 4 aromatic rings. The summed E-state index contributed by atoms with van der Waals surface area (Å²) in [5, 5.41) is 13.6. The Morgan fingerprint density at radius 1 is 1.12 bits per heavy atom. The second-order valence-corrected chi connectivity index (χ2v) is 8.26. The number of nitrogens with one attached hydrogen (secondary N) is 1. The van der Waals surface area contributed by atoms with Crippen LogP contribution in [0, 0.1) is 19.7 Å². The Hall–Kier alpha value is -3.74. The van der Waals surface area contributed by atoms with Crippen molar-refractivity contribution in [3.63, 3.8) is 0 Å². The maximum Gasteiger partial charge on any atom is 0.335 e. The van der Waals surface area contributed by atoms with Gasteiger partial charge in [-0.1, -0.05) is 19.4 Å². The number of carboxylic acids is 1. The van der Waals surface area contributed by atoms with Crippen LogP contribution in [-0.2, 0) is 13.0 Å². The summed E-state index contributed by atoms with van der Waals surface area (Å²) in [4.78, 5) is 20.2. The largest absolute Gasteiger partial charge is 0.478 e. The van der Waals surface area contributed by atoms with Gasteiger partial charge >= 0.3 is 5.97 Å². The molecule has 0 unspecified atom stereocenters. The zero-order valence-electron chi connectivity index (χ0n) is 19.0. The van der Waals surface area contributed by atoms with Gasteiger partial charge in [0.2, 0.25) is 0 Å². The molecule has 0 aliphatic heterocycles. The summed E-state index contributed by atoms with van der Waals surface area (Å²) in [7, 11) is 0. The number of benzene rings is 2. The van der Waals surface area contributed by atoms with Gasteiger partial charge in [0.1, 0.15) is 18.0 Å². The number of fused-ring (bicyclic) bond motifs is 1. The first-order valence-corrected chi connectivity index (χ1v) is 11.1. The first-order valence-electron chi connectivity index (χ1n) is 11.1. The average Bonchev–Trinajstić information content (AvgIpc) is 3.09. The fourth-order valence-corrected chi connectivity index (χ4v) is 4.27. The van der Waals surface area contributed by atoms with Gasteiger partial charge in [0.05, 0.1) is 16.8 Å². The van der Waals surface area contributed by atoms with Gasteiger partial charge in [-0.05, 0) is 61.7 Å². The Morgan fingerprint density at radius 3 is 2.70 bits per heavy atom. The Labute approximate surface area is 192 Å². The number of aromatic carboxylic acids is 1. The highest BCUT2D eigenvalue weighted by Gasteiger charge is 2.13. The van der Waals surface area contributed by atoms with E-state index in [1.165, 1.54) is 6.33 Å². The molecule has 170 valence electrons. The van der Waals surface area contributed by atoms with Gasteiger partial charge < -0.3 is 15.0 Å². The molecule has 0 bridgehead atoms. The number of nitrogens with zero attached hydrogens (tertiary/aromatic N) is 3. The van der Waals surface area contributed by atoms with Gasteiger partial charge in [0.15, 0.2) is 0 Å². The molecule has 2 aromatic carbocycles. The molecule has 0 amide bonds. The van der Waals surface area contributed by atoms with Crippen molar-refractivity contribution in [3.8, 4) is 11.3 Å². The van der Waals surface area contributed by atoms with E-state index in [-0.39, 0.29) is 5.82 Å². The minimum atomic E-state index is -0.922. The minimum Gasteiger partial charge on any atom is -0.478 e. The van der Waals surface area contributed by atoms with Gasteiger partial charge in [0.25, 0.3) is 0 Å².